The molecule has 2 heteroatoms. The lowest BCUT2D eigenvalue weighted by atomic mass is 10.4. The number of hydrogen-bond donors (Lipinski definition) is 0. The highest BCUT2D eigenvalue weighted by molar-refractivity contribution is 9.09. The van der Waals surface area contributed by atoms with Crippen molar-refractivity contribution in [3.8, 4) is 0 Å². The first-order chi connectivity index (χ1) is 3.41. The van der Waals surface area contributed by atoms with Crippen LogP contribution in [0.2, 0.25) is 0 Å². The number of ether oxygens (including phenoxy) is 1. The highest BCUT2D eigenvalue weighted by Gasteiger charge is 1.81. The third-order valence-electron chi connectivity index (χ3n) is 0.635. The molecule has 0 fully saturated rings. The molecule has 0 saturated carbocycles. The zero-order valence-corrected chi connectivity index (χ0v) is 6.07. The Bertz CT molecular complexity index is 27.3. The van der Waals surface area contributed by atoms with Gasteiger partial charge in [0.05, 0.1) is 0 Å². The normalized spacial score (nSPS) is 9.43. The molecule has 0 aliphatic heterocycles. The lowest BCUT2D eigenvalue weighted by Crippen LogP contribution is -1.88. The minimum atomic E-state index is 0.839. The molecule has 0 aromatic rings. The quantitative estimate of drug-likeness (QED) is 0.455. The van der Waals surface area contributed by atoms with Gasteiger partial charge in [-0.05, 0) is 12.8 Å². The Morgan fingerprint density at radius 1 is 1.71 bits per heavy atom. The van der Waals surface area contributed by atoms with E-state index in [-0.39, 0.29) is 0 Å². The predicted molar refractivity (Wildman–Crippen MR) is 34.6 cm³/mol. The second kappa shape index (κ2) is 6.44. The average molecular weight is 166 g/mol. The van der Waals surface area contributed by atoms with Gasteiger partial charge in [-0.3, -0.25) is 0 Å². The van der Waals surface area contributed by atoms with Crippen molar-refractivity contribution < 1.29 is 4.74 Å². The molecular formula is C5H10BrO. The first-order valence-electron chi connectivity index (χ1n) is 2.28. The topological polar surface area (TPSA) is 9.23 Å². The zero-order valence-electron chi connectivity index (χ0n) is 4.48. The maximum absolute atomic E-state index is 4.79. The molecule has 43 valence electrons. The Morgan fingerprint density at radius 2 is 2.43 bits per heavy atom. The Kier molecular flexibility index (Phi) is 6.84. The van der Waals surface area contributed by atoms with E-state index in [2.05, 4.69) is 22.4 Å². The molecule has 0 atom stereocenters. The largest absolute Gasteiger partial charge is 0.385 e. The van der Waals surface area contributed by atoms with Crippen molar-refractivity contribution in [2.75, 3.05) is 19.0 Å². The molecule has 1 radical (unpaired) electrons. The number of hydrogen-bond acceptors (Lipinski definition) is 1. The van der Waals surface area contributed by atoms with Crippen LogP contribution in [-0.2, 0) is 4.74 Å². The van der Waals surface area contributed by atoms with Crippen LogP contribution in [0.4, 0.5) is 0 Å². The van der Waals surface area contributed by atoms with Gasteiger partial charge in [-0.2, -0.15) is 0 Å². The van der Waals surface area contributed by atoms with E-state index in [0.717, 1.165) is 18.4 Å². The zero-order chi connectivity index (χ0) is 5.54. The maximum atomic E-state index is 4.79. The first kappa shape index (κ1) is 7.44. The summed E-state index contributed by atoms with van der Waals surface area (Å²) in [7, 11) is 1.71. The Hall–Kier alpha value is 0.440. The van der Waals surface area contributed by atoms with Crippen molar-refractivity contribution in [3.63, 3.8) is 0 Å². The Morgan fingerprint density at radius 3 is 2.86 bits per heavy atom. The van der Waals surface area contributed by atoms with Gasteiger partial charge in [-0.1, -0.05) is 15.9 Å². The van der Waals surface area contributed by atoms with Crippen LogP contribution in [0, 0.1) is 6.42 Å². The van der Waals surface area contributed by atoms with Crippen molar-refractivity contribution in [2.45, 2.75) is 6.42 Å². The van der Waals surface area contributed by atoms with E-state index >= 15 is 0 Å². The van der Waals surface area contributed by atoms with Gasteiger partial charge in [0.25, 0.3) is 0 Å². The summed E-state index contributed by atoms with van der Waals surface area (Å²) in [5.74, 6) is 0. The molecular weight excluding hydrogens is 156 g/mol. The molecule has 0 saturated heterocycles. The van der Waals surface area contributed by atoms with Gasteiger partial charge < -0.3 is 4.74 Å². The fourth-order valence-corrected chi connectivity index (χ4v) is 0.602. The second-order valence-corrected chi connectivity index (χ2v) is 1.87. The van der Waals surface area contributed by atoms with E-state index < -0.39 is 0 Å². The summed E-state index contributed by atoms with van der Waals surface area (Å²) >= 11 is 3.27. The Balaban J connectivity index is 2.45. The van der Waals surface area contributed by atoms with Crippen LogP contribution in [0.1, 0.15) is 6.42 Å². The summed E-state index contributed by atoms with van der Waals surface area (Å²) in [4.78, 5) is 0. The molecule has 0 amide bonds. The highest BCUT2D eigenvalue weighted by atomic mass is 79.9. The van der Waals surface area contributed by atoms with E-state index in [1.807, 2.05) is 0 Å². The van der Waals surface area contributed by atoms with Crippen LogP contribution in [-0.4, -0.2) is 19.0 Å². The number of unbranched alkanes of at least 4 members (excludes halogenated alkanes) is 1. The molecule has 1 nitrogen and oxygen atoms in total. The summed E-state index contributed by atoms with van der Waals surface area (Å²) in [5.41, 5.74) is 0. The number of rotatable bonds is 4. The molecule has 0 N–H and O–H groups in total. The molecule has 0 aromatic heterocycles. The van der Waals surface area contributed by atoms with E-state index in [9.17, 15) is 0 Å². The fraction of sp³-hybridized carbons (Fsp3) is 0.800. The molecule has 7 heavy (non-hydrogen) atoms. The molecule has 0 spiro atoms. The predicted octanol–water partition coefficient (Wildman–Crippen LogP) is 1.62. The van der Waals surface area contributed by atoms with Crippen LogP contribution < -0.4 is 0 Å². The highest BCUT2D eigenvalue weighted by Crippen LogP contribution is 1.90. The third-order valence-corrected chi connectivity index (χ3v) is 1.09. The average Bonchev–Trinajstić information content (AvgIpc) is 1.69. The standard InChI is InChI=1S/C5H10BrO/c1-7-5-3-2-4-6/h2H,3-5H2,1H3. The minimum absolute atomic E-state index is 0.839. The molecule has 0 unspecified atom stereocenters. The third kappa shape index (κ3) is 6.44. The van der Waals surface area contributed by atoms with Gasteiger partial charge in [0.2, 0.25) is 0 Å². The number of methoxy groups -OCH3 is 1. The van der Waals surface area contributed by atoms with Gasteiger partial charge in [0, 0.05) is 19.0 Å². The molecule has 0 bridgehead atoms. The molecule has 0 heterocycles. The van der Waals surface area contributed by atoms with Gasteiger partial charge in [-0.25, -0.2) is 0 Å². The van der Waals surface area contributed by atoms with Crippen molar-refractivity contribution in [1.29, 1.82) is 0 Å². The summed E-state index contributed by atoms with van der Waals surface area (Å²) in [5, 5.41) is 0.969. The summed E-state index contributed by atoms with van der Waals surface area (Å²) < 4.78 is 4.79. The van der Waals surface area contributed by atoms with Crippen LogP contribution in [0.5, 0.6) is 0 Å². The number of halogens is 1. The van der Waals surface area contributed by atoms with Gasteiger partial charge in [0.1, 0.15) is 0 Å². The van der Waals surface area contributed by atoms with Crippen molar-refractivity contribution in [1.82, 2.24) is 0 Å². The molecule has 0 aliphatic carbocycles. The van der Waals surface area contributed by atoms with E-state index in [4.69, 9.17) is 4.74 Å². The number of alkyl halides is 1. The summed E-state index contributed by atoms with van der Waals surface area (Å²) in [6.07, 6.45) is 3.17. The lowest BCUT2D eigenvalue weighted by Gasteiger charge is -1.91. The molecule has 0 aromatic carbocycles. The molecule has 0 rings (SSSR count). The maximum Gasteiger partial charge on any atom is 0.0465 e. The van der Waals surface area contributed by atoms with Gasteiger partial charge >= 0.3 is 0 Å². The minimum Gasteiger partial charge on any atom is -0.385 e. The van der Waals surface area contributed by atoms with Crippen LogP contribution in [0.15, 0.2) is 0 Å². The summed E-state index contributed by atoms with van der Waals surface area (Å²) in [6, 6.07) is 0. The van der Waals surface area contributed by atoms with Crippen molar-refractivity contribution in [2.24, 2.45) is 0 Å². The van der Waals surface area contributed by atoms with Crippen LogP contribution in [0.3, 0.4) is 0 Å². The van der Waals surface area contributed by atoms with E-state index in [0.29, 0.717) is 0 Å². The monoisotopic (exact) mass is 165 g/mol. The molecule has 0 aliphatic rings. The SMILES string of the molecule is COCC[CH]CBr. The van der Waals surface area contributed by atoms with E-state index in [1.54, 1.807) is 7.11 Å². The smallest absolute Gasteiger partial charge is 0.0465 e. The van der Waals surface area contributed by atoms with Crippen LogP contribution >= 0.6 is 15.9 Å². The lowest BCUT2D eigenvalue weighted by molar-refractivity contribution is 0.201. The fourth-order valence-electron chi connectivity index (χ4n) is 0.278. The van der Waals surface area contributed by atoms with Crippen molar-refractivity contribution >= 4 is 15.9 Å². The first-order valence-corrected chi connectivity index (χ1v) is 3.40. The Labute approximate surface area is 53.2 Å². The van der Waals surface area contributed by atoms with Gasteiger partial charge in [0.15, 0.2) is 0 Å². The van der Waals surface area contributed by atoms with E-state index in [1.165, 1.54) is 0 Å². The summed E-state index contributed by atoms with van der Waals surface area (Å²) in [6.45, 7) is 0.839. The van der Waals surface area contributed by atoms with Crippen LogP contribution in [0.25, 0.3) is 0 Å². The van der Waals surface area contributed by atoms with Crippen molar-refractivity contribution in [3.05, 3.63) is 6.42 Å². The van der Waals surface area contributed by atoms with Gasteiger partial charge in [-0.15, -0.1) is 0 Å². The second-order valence-electron chi connectivity index (χ2n) is 1.22.